The molecule has 0 aliphatic heterocycles. The van der Waals surface area contributed by atoms with Crippen LogP contribution in [0.3, 0.4) is 0 Å². The topological polar surface area (TPSA) is 9.23 Å². The second-order valence-electron chi connectivity index (χ2n) is 11.9. The number of hydrogen-bond acceptors (Lipinski definition) is 1. The number of unbranched alkanes of at least 4 members (excludes halogenated alkanes) is 2. The number of halogens is 3. The van der Waals surface area contributed by atoms with Gasteiger partial charge in [0.1, 0.15) is 5.82 Å². The van der Waals surface area contributed by atoms with E-state index in [9.17, 15) is 4.39 Å². The van der Waals surface area contributed by atoms with E-state index >= 15 is 8.78 Å². The summed E-state index contributed by atoms with van der Waals surface area (Å²) < 4.78 is 50.1. The fourth-order valence-electron chi connectivity index (χ4n) is 6.47. The highest BCUT2D eigenvalue weighted by Gasteiger charge is 2.38. The molecule has 2 aromatic carbocycles. The Bertz CT molecular complexity index is 970. The minimum Gasteiger partial charge on any atom is -0.309 e. The standard InChI is InChI=1S/C33H45F3O/c1-4-5-6-7-25-10-14-27(15-11-25)28-18-16-26(17-19-28)24(3)37-33(35,36)31-21-20-30(22-32(31)34)29-12-8-23(2)9-13-29/h16-25,27,29H,4-15H2,1-3H3. The Balaban J connectivity index is 1.33. The van der Waals surface area contributed by atoms with Gasteiger partial charge in [0.25, 0.3) is 0 Å². The maximum atomic E-state index is 15.0. The third-order valence-corrected chi connectivity index (χ3v) is 9.06. The van der Waals surface area contributed by atoms with Crippen molar-refractivity contribution < 1.29 is 17.9 Å². The van der Waals surface area contributed by atoms with Crippen molar-refractivity contribution >= 4 is 0 Å². The summed E-state index contributed by atoms with van der Waals surface area (Å²) in [7, 11) is 0. The minimum atomic E-state index is -3.70. The summed E-state index contributed by atoms with van der Waals surface area (Å²) >= 11 is 0. The van der Waals surface area contributed by atoms with Gasteiger partial charge < -0.3 is 4.74 Å². The summed E-state index contributed by atoms with van der Waals surface area (Å²) in [5, 5.41) is 0. The van der Waals surface area contributed by atoms with Gasteiger partial charge in [0, 0.05) is 0 Å². The van der Waals surface area contributed by atoms with E-state index in [1.54, 1.807) is 13.0 Å². The molecule has 2 aromatic rings. The van der Waals surface area contributed by atoms with E-state index < -0.39 is 23.6 Å². The van der Waals surface area contributed by atoms with Gasteiger partial charge in [-0.1, -0.05) is 82.7 Å². The van der Waals surface area contributed by atoms with Crippen LogP contribution in [0.25, 0.3) is 0 Å². The largest absolute Gasteiger partial charge is 0.386 e. The van der Waals surface area contributed by atoms with E-state index in [1.165, 1.54) is 69.1 Å². The van der Waals surface area contributed by atoms with Gasteiger partial charge in [0.05, 0.1) is 11.7 Å². The molecule has 0 bridgehead atoms. The van der Waals surface area contributed by atoms with Gasteiger partial charge >= 0.3 is 6.11 Å². The molecule has 2 fully saturated rings. The quantitative estimate of drug-likeness (QED) is 0.287. The lowest BCUT2D eigenvalue weighted by molar-refractivity contribution is -0.273. The summed E-state index contributed by atoms with van der Waals surface area (Å²) in [6.07, 6.45) is 9.91. The van der Waals surface area contributed by atoms with Gasteiger partial charge in [-0.2, -0.15) is 8.78 Å². The fraction of sp³-hybridized carbons (Fsp3) is 0.636. The predicted molar refractivity (Wildman–Crippen MR) is 145 cm³/mol. The monoisotopic (exact) mass is 514 g/mol. The molecule has 0 saturated heterocycles. The van der Waals surface area contributed by atoms with Crippen molar-refractivity contribution in [3.63, 3.8) is 0 Å². The first kappa shape index (κ1) is 28.2. The molecule has 204 valence electrons. The predicted octanol–water partition coefficient (Wildman–Crippen LogP) is 10.8. The van der Waals surface area contributed by atoms with E-state index in [0.29, 0.717) is 17.4 Å². The molecule has 0 radical (unpaired) electrons. The highest BCUT2D eigenvalue weighted by molar-refractivity contribution is 5.30. The molecule has 0 N–H and O–H groups in total. The fourth-order valence-corrected chi connectivity index (χ4v) is 6.47. The Kier molecular flexibility index (Phi) is 9.78. The molecule has 0 amide bonds. The van der Waals surface area contributed by atoms with Crippen LogP contribution in [0.15, 0.2) is 42.5 Å². The Morgan fingerprint density at radius 2 is 1.43 bits per heavy atom. The summed E-state index contributed by atoms with van der Waals surface area (Å²) in [6.45, 7) is 6.09. The van der Waals surface area contributed by atoms with Crippen molar-refractivity contribution in [3.05, 3.63) is 70.5 Å². The van der Waals surface area contributed by atoms with Gasteiger partial charge in [-0.05, 0) is 97.9 Å². The van der Waals surface area contributed by atoms with Crippen LogP contribution in [0.5, 0.6) is 0 Å². The van der Waals surface area contributed by atoms with Crippen molar-refractivity contribution in [3.8, 4) is 0 Å². The molecule has 4 rings (SSSR count). The van der Waals surface area contributed by atoms with Crippen LogP contribution in [-0.4, -0.2) is 0 Å². The smallest absolute Gasteiger partial charge is 0.309 e. The average Bonchev–Trinajstić information content (AvgIpc) is 2.89. The van der Waals surface area contributed by atoms with Gasteiger partial charge in [-0.3, -0.25) is 0 Å². The lowest BCUT2D eigenvalue weighted by Gasteiger charge is -2.29. The molecule has 0 spiro atoms. The molecule has 2 saturated carbocycles. The van der Waals surface area contributed by atoms with Crippen molar-refractivity contribution in [2.75, 3.05) is 0 Å². The van der Waals surface area contributed by atoms with Gasteiger partial charge in [0.2, 0.25) is 0 Å². The molecule has 4 heteroatoms. The van der Waals surface area contributed by atoms with E-state index in [1.807, 2.05) is 12.1 Å². The molecule has 1 nitrogen and oxygen atoms in total. The number of alkyl halides is 2. The first-order valence-corrected chi connectivity index (χ1v) is 14.7. The average molecular weight is 515 g/mol. The van der Waals surface area contributed by atoms with Crippen LogP contribution in [0.2, 0.25) is 0 Å². The van der Waals surface area contributed by atoms with Crippen molar-refractivity contribution in [2.24, 2.45) is 11.8 Å². The van der Waals surface area contributed by atoms with Crippen molar-refractivity contribution in [2.45, 2.75) is 122 Å². The molecule has 2 aliphatic rings. The van der Waals surface area contributed by atoms with Crippen LogP contribution < -0.4 is 0 Å². The summed E-state index contributed by atoms with van der Waals surface area (Å²) in [5.74, 6) is 1.47. The first-order chi connectivity index (χ1) is 17.8. The summed E-state index contributed by atoms with van der Waals surface area (Å²) in [4.78, 5) is 0. The second kappa shape index (κ2) is 12.8. The van der Waals surface area contributed by atoms with E-state index in [4.69, 9.17) is 4.74 Å². The number of rotatable bonds is 10. The first-order valence-electron chi connectivity index (χ1n) is 14.7. The third kappa shape index (κ3) is 7.40. The van der Waals surface area contributed by atoms with Gasteiger partial charge in [-0.25, -0.2) is 4.39 Å². The van der Waals surface area contributed by atoms with Crippen molar-refractivity contribution in [1.82, 2.24) is 0 Å². The Hall–Kier alpha value is -1.81. The van der Waals surface area contributed by atoms with Gasteiger partial charge in [0.15, 0.2) is 0 Å². The van der Waals surface area contributed by atoms with E-state index in [2.05, 4.69) is 26.0 Å². The Morgan fingerprint density at radius 3 is 2.05 bits per heavy atom. The molecule has 0 aromatic heterocycles. The maximum absolute atomic E-state index is 15.0. The van der Waals surface area contributed by atoms with Crippen LogP contribution in [0.1, 0.15) is 138 Å². The van der Waals surface area contributed by atoms with E-state index in [0.717, 1.165) is 37.2 Å². The van der Waals surface area contributed by atoms with E-state index in [-0.39, 0.29) is 5.92 Å². The normalized spacial score (nSPS) is 25.7. The van der Waals surface area contributed by atoms with Crippen molar-refractivity contribution in [1.29, 1.82) is 0 Å². The highest BCUT2D eigenvalue weighted by Crippen LogP contribution is 2.41. The molecule has 0 heterocycles. The zero-order valence-electron chi connectivity index (χ0n) is 23.0. The molecule has 2 aliphatic carbocycles. The maximum Gasteiger partial charge on any atom is 0.386 e. The number of benzene rings is 2. The Labute approximate surface area is 222 Å². The number of hydrogen-bond donors (Lipinski definition) is 0. The van der Waals surface area contributed by atoms with Crippen LogP contribution in [-0.2, 0) is 10.8 Å². The molecular weight excluding hydrogens is 469 g/mol. The van der Waals surface area contributed by atoms with Crippen LogP contribution in [0.4, 0.5) is 13.2 Å². The lowest BCUT2D eigenvalue weighted by atomic mass is 9.77. The zero-order valence-corrected chi connectivity index (χ0v) is 23.0. The lowest BCUT2D eigenvalue weighted by Crippen LogP contribution is -2.22. The van der Waals surface area contributed by atoms with Crippen LogP contribution in [0, 0.1) is 17.7 Å². The third-order valence-electron chi connectivity index (χ3n) is 9.06. The zero-order chi connectivity index (χ0) is 26.4. The molecule has 37 heavy (non-hydrogen) atoms. The molecular formula is C33H45F3O. The second-order valence-corrected chi connectivity index (χ2v) is 11.9. The van der Waals surface area contributed by atoms with Gasteiger partial charge in [-0.15, -0.1) is 0 Å². The summed E-state index contributed by atoms with van der Waals surface area (Å²) in [5.41, 5.74) is 2.11. The summed E-state index contributed by atoms with van der Waals surface area (Å²) in [6, 6.07) is 12.1. The highest BCUT2D eigenvalue weighted by atomic mass is 19.3. The Morgan fingerprint density at radius 1 is 0.838 bits per heavy atom. The molecule has 1 atom stereocenters. The number of ether oxygens (including phenoxy) is 1. The molecule has 1 unspecified atom stereocenters. The minimum absolute atomic E-state index is 0.253. The van der Waals surface area contributed by atoms with Crippen LogP contribution >= 0.6 is 0 Å². The SMILES string of the molecule is CCCCCC1CCC(c2ccc(C(C)OC(F)(F)c3ccc(C4CCC(C)CC4)cc3F)cc2)CC1.